The normalized spacial score (nSPS) is 10.3. The molecular formula is C9H7ClN2S. The van der Waals surface area contributed by atoms with Crippen LogP contribution in [0.2, 0.25) is 5.02 Å². The summed E-state index contributed by atoms with van der Waals surface area (Å²) in [7, 11) is 0. The fraction of sp³-hybridized carbons (Fsp3) is 0. The lowest BCUT2D eigenvalue weighted by molar-refractivity contribution is 1.02. The summed E-state index contributed by atoms with van der Waals surface area (Å²) in [5.41, 5.74) is 2.12. The van der Waals surface area contributed by atoms with Crippen molar-refractivity contribution in [2.75, 3.05) is 0 Å². The van der Waals surface area contributed by atoms with Crippen LogP contribution in [0.5, 0.6) is 0 Å². The van der Waals surface area contributed by atoms with E-state index in [4.69, 9.17) is 11.6 Å². The third kappa shape index (κ3) is 1.87. The first kappa shape index (κ1) is 8.66. The number of thiol groups is 1. The summed E-state index contributed by atoms with van der Waals surface area (Å²) in [6, 6.07) is 7.61. The fourth-order valence-electron chi connectivity index (χ4n) is 1.10. The maximum atomic E-state index is 5.77. The molecule has 0 fully saturated rings. The van der Waals surface area contributed by atoms with E-state index >= 15 is 0 Å². The molecule has 0 saturated carbocycles. The molecule has 0 spiro atoms. The summed E-state index contributed by atoms with van der Waals surface area (Å²) < 4.78 is 1.48. The molecule has 1 heterocycles. The smallest absolute Gasteiger partial charge is 0.0578 e. The monoisotopic (exact) mass is 210 g/mol. The molecule has 2 rings (SSSR count). The number of hydrogen-bond acceptors (Lipinski definition) is 2. The van der Waals surface area contributed by atoms with Crippen LogP contribution in [-0.4, -0.2) is 9.19 Å². The SMILES string of the molecule is Sn1cc(-c2ccc(Cl)cc2)cn1. The molecule has 0 saturated heterocycles. The van der Waals surface area contributed by atoms with E-state index in [0.29, 0.717) is 0 Å². The average Bonchev–Trinajstić information content (AvgIpc) is 2.53. The highest BCUT2D eigenvalue weighted by Gasteiger charge is 1.99. The van der Waals surface area contributed by atoms with Gasteiger partial charge in [0, 0.05) is 16.8 Å². The van der Waals surface area contributed by atoms with Crippen molar-refractivity contribution in [3.63, 3.8) is 0 Å². The lowest BCUT2D eigenvalue weighted by atomic mass is 10.1. The van der Waals surface area contributed by atoms with Gasteiger partial charge in [0.15, 0.2) is 0 Å². The summed E-state index contributed by atoms with van der Waals surface area (Å²) in [4.78, 5) is 0. The van der Waals surface area contributed by atoms with Gasteiger partial charge in [-0.1, -0.05) is 23.7 Å². The third-order valence-electron chi connectivity index (χ3n) is 1.75. The van der Waals surface area contributed by atoms with Crippen molar-refractivity contribution in [1.82, 2.24) is 9.19 Å². The lowest BCUT2D eigenvalue weighted by Crippen LogP contribution is -1.75. The van der Waals surface area contributed by atoms with Gasteiger partial charge >= 0.3 is 0 Å². The molecule has 2 aromatic rings. The van der Waals surface area contributed by atoms with Crippen LogP contribution in [0.3, 0.4) is 0 Å². The molecule has 0 unspecified atom stereocenters. The Kier molecular flexibility index (Phi) is 2.29. The molecule has 2 nitrogen and oxygen atoms in total. The lowest BCUT2D eigenvalue weighted by Gasteiger charge is -1.95. The van der Waals surface area contributed by atoms with Crippen LogP contribution in [0.1, 0.15) is 0 Å². The van der Waals surface area contributed by atoms with Crippen molar-refractivity contribution in [3.05, 3.63) is 41.7 Å². The molecular weight excluding hydrogens is 204 g/mol. The number of benzene rings is 1. The van der Waals surface area contributed by atoms with Gasteiger partial charge in [0.25, 0.3) is 0 Å². The summed E-state index contributed by atoms with van der Waals surface area (Å²) in [6.07, 6.45) is 3.60. The quantitative estimate of drug-likeness (QED) is 0.717. The Morgan fingerprint density at radius 1 is 1.15 bits per heavy atom. The van der Waals surface area contributed by atoms with E-state index in [1.807, 2.05) is 30.5 Å². The first-order valence-electron chi connectivity index (χ1n) is 3.75. The van der Waals surface area contributed by atoms with E-state index < -0.39 is 0 Å². The van der Waals surface area contributed by atoms with Crippen LogP contribution in [0.15, 0.2) is 36.7 Å². The highest BCUT2D eigenvalue weighted by atomic mass is 35.5. The standard InChI is InChI=1S/C9H7ClN2S/c10-9-3-1-7(2-4-9)8-5-11-12(13)6-8/h1-6,13H. The molecule has 1 aromatic heterocycles. The van der Waals surface area contributed by atoms with Crippen molar-refractivity contribution >= 4 is 24.4 Å². The fourth-order valence-corrected chi connectivity index (χ4v) is 1.41. The molecule has 0 atom stereocenters. The van der Waals surface area contributed by atoms with E-state index in [1.165, 1.54) is 4.09 Å². The zero-order valence-corrected chi connectivity index (χ0v) is 8.33. The second-order valence-corrected chi connectivity index (χ2v) is 3.50. The first-order valence-corrected chi connectivity index (χ1v) is 4.53. The predicted molar refractivity (Wildman–Crippen MR) is 57.1 cm³/mol. The van der Waals surface area contributed by atoms with Crippen molar-refractivity contribution < 1.29 is 0 Å². The van der Waals surface area contributed by atoms with Gasteiger partial charge in [-0.05, 0) is 30.5 Å². The summed E-state index contributed by atoms with van der Waals surface area (Å²) in [5.74, 6) is 0. The van der Waals surface area contributed by atoms with Crippen molar-refractivity contribution in [1.29, 1.82) is 0 Å². The summed E-state index contributed by atoms with van der Waals surface area (Å²) in [6.45, 7) is 0. The molecule has 66 valence electrons. The van der Waals surface area contributed by atoms with Crippen molar-refractivity contribution in [2.24, 2.45) is 0 Å². The Morgan fingerprint density at radius 2 is 1.85 bits per heavy atom. The molecule has 13 heavy (non-hydrogen) atoms. The highest BCUT2D eigenvalue weighted by molar-refractivity contribution is 7.78. The minimum Gasteiger partial charge on any atom is -0.217 e. The van der Waals surface area contributed by atoms with E-state index in [0.717, 1.165) is 16.1 Å². The Balaban J connectivity index is 2.41. The molecule has 0 bridgehead atoms. The van der Waals surface area contributed by atoms with Gasteiger partial charge in [-0.25, -0.2) is 4.09 Å². The first-order chi connectivity index (χ1) is 6.25. The van der Waals surface area contributed by atoms with Gasteiger partial charge in [0.05, 0.1) is 6.20 Å². The summed E-state index contributed by atoms with van der Waals surface area (Å²) >= 11 is 9.82. The second kappa shape index (κ2) is 3.44. The van der Waals surface area contributed by atoms with E-state index in [-0.39, 0.29) is 0 Å². The second-order valence-electron chi connectivity index (χ2n) is 2.66. The largest absolute Gasteiger partial charge is 0.217 e. The van der Waals surface area contributed by atoms with Gasteiger partial charge in [-0.2, -0.15) is 5.10 Å². The molecule has 0 N–H and O–H groups in total. The molecule has 0 aliphatic rings. The van der Waals surface area contributed by atoms with Crippen LogP contribution in [0, 0.1) is 0 Å². The van der Waals surface area contributed by atoms with E-state index in [2.05, 4.69) is 17.9 Å². The van der Waals surface area contributed by atoms with Crippen LogP contribution < -0.4 is 0 Å². The molecule has 0 radical (unpaired) electrons. The highest BCUT2D eigenvalue weighted by Crippen LogP contribution is 2.20. The van der Waals surface area contributed by atoms with Crippen molar-refractivity contribution in [3.8, 4) is 11.1 Å². The summed E-state index contributed by atoms with van der Waals surface area (Å²) in [5, 5.41) is 4.70. The van der Waals surface area contributed by atoms with Crippen LogP contribution in [0.25, 0.3) is 11.1 Å². The molecule has 1 aromatic carbocycles. The number of hydrogen-bond donors (Lipinski definition) is 1. The van der Waals surface area contributed by atoms with Crippen molar-refractivity contribution in [2.45, 2.75) is 0 Å². The van der Waals surface area contributed by atoms with Crippen LogP contribution in [-0.2, 0) is 0 Å². The zero-order valence-electron chi connectivity index (χ0n) is 6.68. The zero-order chi connectivity index (χ0) is 9.26. The van der Waals surface area contributed by atoms with Crippen LogP contribution in [0.4, 0.5) is 0 Å². The number of rotatable bonds is 1. The van der Waals surface area contributed by atoms with E-state index in [1.54, 1.807) is 6.20 Å². The molecule has 4 heteroatoms. The molecule has 0 aliphatic carbocycles. The number of nitrogens with zero attached hydrogens (tertiary/aromatic N) is 2. The Morgan fingerprint density at radius 3 is 2.38 bits per heavy atom. The van der Waals surface area contributed by atoms with Gasteiger partial charge in [0.2, 0.25) is 0 Å². The number of halogens is 1. The molecule has 0 amide bonds. The Labute approximate surface area is 86.7 Å². The van der Waals surface area contributed by atoms with Gasteiger partial charge < -0.3 is 0 Å². The van der Waals surface area contributed by atoms with E-state index in [9.17, 15) is 0 Å². The topological polar surface area (TPSA) is 17.8 Å². The maximum absolute atomic E-state index is 5.77. The average molecular weight is 211 g/mol. The maximum Gasteiger partial charge on any atom is 0.0578 e. The minimum absolute atomic E-state index is 0.738. The van der Waals surface area contributed by atoms with Gasteiger partial charge in [-0.3, -0.25) is 0 Å². The Bertz CT molecular complexity index is 408. The van der Waals surface area contributed by atoms with Crippen LogP contribution >= 0.6 is 24.4 Å². The Hall–Kier alpha value is -0.930. The van der Waals surface area contributed by atoms with Gasteiger partial charge in [0.1, 0.15) is 0 Å². The van der Waals surface area contributed by atoms with Gasteiger partial charge in [-0.15, -0.1) is 0 Å². The third-order valence-corrected chi connectivity index (χ3v) is 2.22. The minimum atomic E-state index is 0.738. The number of aromatic nitrogens is 2. The molecule has 0 aliphatic heterocycles. The predicted octanol–water partition coefficient (Wildman–Crippen LogP) is 2.90.